The van der Waals surface area contributed by atoms with E-state index in [9.17, 15) is 35.3 Å². The first-order chi connectivity index (χ1) is 13.7. The van der Waals surface area contributed by atoms with Crippen molar-refractivity contribution in [2.45, 2.75) is 13.6 Å². The Labute approximate surface area is 159 Å². The van der Waals surface area contributed by atoms with E-state index in [0.717, 1.165) is 12.1 Å². The number of pyridine rings is 1. The smallest absolute Gasteiger partial charge is 0.194 e. The van der Waals surface area contributed by atoms with Crippen LogP contribution in [-0.4, -0.2) is 4.98 Å². The Balaban J connectivity index is 0.000000234. The van der Waals surface area contributed by atoms with E-state index in [-0.39, 0.29) is 11.3 Å². The lowest BCUT2D eigenvalue weighted by molar-refractivity contribution is -0.00711. The Morgan fingerprint density at radius 2 is 1.34 bits per heavy atom. The Kier molecular flexibility index (Phi) is 7.13. The van der Waals surface area contributed by atoms with Crippen molar-refractivity contribution in [2.24, 2.45) is 0 Å². The van der Waals surface area contributed by atoms with E-state index in [1.165, 1.54) is 12.3 Å². The molecule has 0 spiro atoms. The molecule has 0 saturated heterocycles. The van der Waals surface area contributed by atoms with Crippen LogP contribution < -0.4 is 4.94 Å². The summed E-state index contributed by atoms with van der Waals surface area (Å²) in [6.45, 7) is 0.398. The first-order valence-electron chi connectivity index (χ1n) is 7.77. The fraction of sp³-hybridized carbons (Fsp3) is 0.105. The molecule has 0 aliphatic heterocycles. The fourth-order valence-corrected chi connectivity index (χ4v) is 2.19. The SMILES string of the molecule is Cc1cnc(-c2cc(F)c(CF)c(F)c2)c(F)c1.FOc1cc(F)c(F)c(F)c1. The van der Waals surface area contributed by atoms with Gasteiger partial charge >= 0.3 is 0 Å². The van der Waals surface area contributed by atoms with Crippen molar-refractivity contribution in [3.05, 3.63) is 82.6 Å². The van der Waals surface area contributed by atoms with Crippen molar-refractivity contribution >= 4 is 0 Å². The number of alkyl halides is 1. The highest BCUT2D eigenvalue weighted by Crippen LogP contribution is 2.26. The molecule has 3 rings (SSSR count). The van der Waals surface area contributed by atoms with Crippen molar-refractivity contribution in [3.63, 3.8) is 0 Å². The molecule has 29 heavy (non-hydrogen) atoms. The standard InChI is InChI=1S/C13H9F4N.C6H2F4O/c1-7-2-12(17)13(18-6-7)8-3-10(15)9(5-14)11(16)4-8;7-4-1-3(11-10)2-5(8)6(4)9/h2-4,6H,5H2,1H3;1-2H. The molecule has 1 heterocycles. The van der Waals surface area contributed by atoms with Gasteiger partial charge in [0.15, 0.2) is 23.2 Å². The maximum Gasteiger partial charge on any atom is 0.194 e. The monoisotopic (exact) mass is 421 g/mol. The Bertz CT molecular complexity index is 979. The zero-order valence-corrected chi connectivity index (χ0v) is 14.6. The summed E-state index contributed by atoms with van der Waals surface area (Å²) in [6.07, 6.45) is 1.39. The van der Waals surface area contributed by atoms with Crippen molar-refractivity contribution < 1.29 is 40.2 Å². The van der Waals surface area contributed by atoms with Gasteiger partial charge in [-0.05, 0) is 30.7 Å². The minimum absolute atomic E-state index is 0.0558. The van der Waals surface area contributed by atoms with E-state index >= 15 is 0 Å². The topological polar surface area (TPSA) is 22.1 Å². The van der Waals surface area contributed by atoms with Gasteiger partial charge in [0.05, 0.1) is 5.56 Å². The normalized spacial score (nSPS) is 10.4. The largest absolute Gasteiger partial charge is 0.294 e. The Morgan fingerprint density at radius 1 is 0.793 bits per heavy atom. The summed E-state index contributed by atoms with van der Waals surface area (Å²) < 4.78 is 100. The van der Waals surface area contributed by atoms with Crippen molar-refractivity contribution in [1.29, 1.82) is 0 Å². The third kappa shape index (κ3) is 5.21. The van der Waals surface area contributed by atoms with Gasteiger partial charge in [0.25, 0.3) is 0 Å². The van der Waals surface area contributed by atoms with Gasteiger partial charge < -0.3 is 0 Å². The number of aromatic nitrogens is 1. The van der Waals surface area contributed by atoms with Gasteiger partial charge in [0, 0.05) is 28.4 Å². The van der Waals surface area contributed by atoms with E-state index in [1.807, 2.05) is 0 Å². The highest BCUT2D eigenvalue weighted by Gasteiger charge is 2.15. The number of hydrogen-bond acceptors (Lipinski definition) is 2. The number of hydrogen-bond donors (Lipinski definition) is 0. The molecule has 0 unspecified atom stereocenters. The second kappa shape index (κ2) is 9.35. The second-order valence-electron chi connectivity index (χ2n) is 5.67. The molecule has 2 aromatic carbocycles. The predicted octanol–water partition coefficient (Wildman–Crippen LogP) is 6.31. The van der Waals surface area contributed by atoms with Gasteiger partial charge in [-0.25, -0.2) is 30.7 Å². The molecule has 0 bridgehead atoms. The Hall–Kier alpha value is -3.17. The van der Waals surface area contributed by atoms with E-state index in [0.29, 0.717) is 17.7 Å². The lowest BCUT2D eigenvalue weighted by atomic mass is 10.1. The molecule has 0 radical (unpaired) electrons. The van der Waals surface area contributed by atoms with Crippen LogP contribution in [0, 0.1) is 41.8 Å². The molecule has 0 aliphatic rings. The van der Waals surface area contributed by atoms with E-state index < -0.39 is 52.9 Å². The van der Waals surface area contributed by atoms with Gasteiger partial charge in [0.1, 0.15) is 29.8 Å². The van der Waals surface area contributed by atoms with Crippen molar-refractivity contribution in [2.75, 3.05) is 0 Å². The van der Waals surface area contributed by atoms with Gasteiger partial charge in [-0.3, -0.25) is 9.93 Å². The molecule has 0 saturated carbocycles. The van der Waals surface area contributed by atoms with E-state index in [4.69, 9.17) is 0 Å². The fourth-order valence-electron chi connectivity index (χ4n) is 2.19. The summed E-state index contributed by atoms with van der Waals surface area (Å²) in [6, 6.07) is 3.76. The summed E-state index contributed by atoms with van der Waals surface area (Å²) >= 11 is 0. The van der Waals surface area contributed by atoms with Gasteiger partial charge in [0.2, 0.25) is 0 Å². The van der Waals surface area contributed by atoms with Crippen LogP contribution in [0.4, 0.5) is 35.3 Å². The minimum atomic E-state index is -1.65. The second-order valence-corrected chi connectivity index (χ2v) is 5.67. The predicted molar refractivity (Wildman–Crippen MR) is 87.1 cm³/mol. The minimum Gasteiger partial charge on any atom is -0.294 e. The molecular formula is C19H11F8NO. The first kappa shape index (κ1) is 22.1. The van der Waals surface area contributed by atoms with Crippen LogP contribution in [0.3, 0.4) is 0 Å². The number of halogens is 8. The van der Waals surface area contributed by atoms with Crippen LogP contribution in [0.5, 0.6) is 5.75 Å². The molecule has 3 aromatic rings. The Morgan fingerprint density at radius 3 is 1.79 bits per heavy atom. The lowest BCUT2D eigenvalue weighted by Gasteiger charge is -2.06. The third-order valence-electron chi connectivity index (χ3n) is 3.57. The molecule has 10 heteroatoms. The molecule has 154 valence electrons. The lowest BCUT2D eigenvalue weighted by Crippen LogP contribution is -1.97. The van der Waals surface area contributed by atoms with Gasteiger partial charge in [-0.1, -0.05) is 0 Å². The zero-order chi connectivity index (χ0) is 21.7. The average Bonchev–Trinajstić information content (AvgIpc) is 2.66. The summed E-state index contributed by atoms with van der Waals surface area (Å²) in [5.74, 6) is -8.10. The first-order valence-corrected chi connectivity index (χ1v) is 7.77. The van der Waals surface area contributed by atoms with Crippen LogP contribution in [0.2, 0.25) is 0 Å². The van der Waals surface area contributed by atoms with Crippen LogP contribution in [0.1, 0.15) is 11.1 Å². The average molecular weight is 421 g/mol. The van der Waals surface area contributed by atoms with E-state index in [2.05, 4.69) is 9.93 Å². The van der Waals surface area contributed by atoms with E-state index in [1.54, 1.807) is 6.92 Å². The highest BCUT2D eigenvalue weighted by atomic mass is 19.3. The number of rotatable bonds is 3. The third-order valence-corrected chi connectivity index (χ3v) is 3.57. The van der Waals surface area contributed by atoms with Crippen LogP contribution in [0.25, 0.3) is 11.3 Å². The van der Waals surface area contributed by atoms with Crippen molar-refractivity contribution in [1.82, 2.24) is 4.98 Å². The number of nitrogens with zero attached hydrogens (tertiary/aromatic N) is 1. The maximum absolute atomic E-state index is 13.6. The summed E-state index contributed by atoms with van der Waals surface area (Å²) in [4.78, 5) is 6.77. The summed E-state index contributed by atoms with van der Waals surface area (Å²) in [7, 11) is 0. The highest BCUT2D eigenvalue weighted by molar-refractivity contribution is 5.60. The molecule has 0 fully saturated rings. The quantitative estimate of drug-likeness (QED) is 0.365. The maximum atomic E-state index is 13.6. The molecule has 0 amide bonds. The summed E-state index contributed by atoms with van der Waals surface area (Å²) in [5, 5.41) is 0. The van der Waals surface area contributed by atoms with Crippen LogP contribution >= 0.6 is 0 Å². The van der Waals surface area contributed by atoms with Crippen molar-refractivity contribution in [3.8, 4) is 17.0 Å². The van der Waals surface area contributed by atoms with Gasteiger partial charge in [-0.15, -0.1) is 0 Å². The molecule has 1 aromatic heterocycles. The molecule has 2 nitrogen and oxygen atoms in total. The number of aryl methyl sites for hydroxylation is 1. The zero-order valence-electron chi connectivity index (χ0n) is 14.6. The van der Waals surface area contributed by atoms with Crippen LogP contribution in [0.15, 0.2) is 36.5 Å². The summed E-state index contributed by atoms with van der Waals surface area (Å²) in [5.41, 5.74) is -0.285. The molecular weight excluding hydrogens is 410 g/mol. The van der Waals surface area contributed by atoms with Gasteiger partial charge in [-0.2, -0.15) is 0 Å². The van der Waals surface area contributed by atoms with Crippen LogP contribution in [-0.2, 0) is 6.67 Å². The molecule has 0 atom stereocenters. The molecule has 0 aliphatic carbocycles. The molecule has 0 N–H and O–H groups in total. The number of benzene rings is 2.